The number of fused-ring (bicyclic) bond motifs is 2. The second-order valence-corrected chi connectivity index (χ2v) is 9.23. The normalized spacial score (nSPS) is 14.9. The third kappa shape index (κ3) is 4.32. The lowest BCUT2D eigenvalue weighted by Crippen LogP contribution is -2.31. The number of halogens is 1. The Hall–Kier alpha value is -3.58. The number of methoxy groups -OCH3 is 1. The van der Waals surface area contributed by atoms with Gasteiger partial charge in [0.1, 0.15) is 17.1 Å². The number of amides is 1. The van der Waals surface area contributed by atoms with Gasteiger partial charge in [-0.3, -0.25) is 9.59 Å². The molecule has 0 radical (unpaired) electrons. The zero-order chi connectivity index (χ0) is 24.5. The minimum Gasteiger partial charge on any atom is -0.497 e. The molecular formula is C28H24BrNO5. The fourth-order valence-corrected chi connectivity index (χ4v) is 4.91. The first-order valence-corrected chi connectivity index (χ1v) is 12.2. The molecule has 6 nitrogen and oxygen atoms in total. The van der Waals surface area contributed by atoms with Crippen molar-refractivity contribution in [2.75, 3.05) is 20.3 Å². The average molecular weight is 534 g/mol. The maximum atomic E-state index is 13.7. The molecule has 0 spiro atoms. The van der Waals surface area contributed by atoms with E-state index in [9.17, 15) is 9.59 Å². The van der Waals surface area contributed by atoms with Gasteiger partial charge >= 0.3 is 0 Å². The maximum Gasteiger partial charge on any atom is 0.290 e. The lowest BCUT2D eigenvalue weighted by Gasteiger charge is -2.25. The number of ether oxygens (including phenoxy) is 2. The van der Waals surface area contributed by atoms with E-state index in [0.29, 0.717) is 41.9 Å². The van der Waals surface area contributed by atoms with Crippen molar-refractivity contribution in [1.82, 2.24) is 4.90 Å². The van der Waals surface area contributed by atoms with Crippen molar-refractivity contribution in [3.8, 4) is 11.5 Å². The summed E-state index contributed by atoms with van der Waals surface area (Å²) in [6, 6.07) is 20.0. The summed E-state index contributed by atoms with van der Waals surface area (Å²) in [5.41, 5.74) is 2.42. The highest BCUT2D eigenvalue weighted by molar-refractivity contribution is 9.10. The van der Waals surface area contributed by atoms with E-state index in [1.807, 2.05) is 55.5 Å². The van der Waals surface area contributed by atoms with Crippen LogP contribution in [0.1, 0.15) is 40.2 Å². The van der Waals surface area contributed by atoms with Crippen molar-refractivity contribution in [1.29, 1.82) is 0 Å². The monoisotopic (exact) mass is 533 g/mol. The summed E-state index contributed by atoms with van der Waals surface area (Å²) in [5, 5.41) is 0.439. The summed E-state index contributed by atoms with van der Waals surface area (Å²) >= 11 is 3.44. The lowest BCUT2D eigenvalue weighted by atomic mass is 9.98. The van der Waals surface area contributed by atoms with E-state index in [1.165, 1.54) is 0 Å². The van der Waals surface area contributed by atoms with E-state index in [2.05, 4.69) is 15.9 Å². The van der Waals surface area contributed by atoms with E-state index in [1.54, 1.807) is 30.2 Å². The fourth-order valence-electron chi connectivity index (χ4n) is 4.55. The molecule has 2 heterocycles. The Morgan fingerprint density at radius 1 is 1.00 bits per heavy atom. The summed E-state index contributed by atoms with van der Waals surface area (Å²) in [6.45, 7) is 2.85. The largest absolute Gasteiger partial charge is 0.497 e. The molecule has 1 amide bonds. The van der Waals surface area contributed by atoms with Gasteiger partial charge in [0.25, 0.3) is 5.91 Å². The minimum atomic E-state index is -0.573. The molecule has 0 aliphatic carbocycles. The first-order valence-electron chi connectivity index (χ1n) is 11.4. The van der Waals surface area contributed by atoms with Crippen LogP contribution in [0.4, 0.5) is 0 Å². The molecule has 4 aromatic rings. The number of carbonyl (C=O) groups excluding carboxylic acids is 1. The molecule has 0 saturated carbocycles. The number of hydrogen-bond donors (Lipinski definition) is 0. The van der Waals surface area contributed by atoms with Gasteiger partial charge in [-0.1, -0.05) is 40.2 Å². The Labute approximate surface area is 211 Å². The summed E-state index contributed by atoms with van der Waals surface area (Å²) in [7, 11) is 1.63. The van der Waals surface area contributed by atoms with Crippen LogP contribution in [0.5, 0.6) is 11.5 Å². The van der Waals surface area contributed by atoms with Crippen LogP contribution in [0.25, 0.3) is 11.0 Å². The Kier molecular flexibility index (Phi) is 6.34. The molecule has 1 aliphatic rings. The summed E-state index contributed by atoms with van der Waals surface area (Å²) in [4.78, 5) is 29.0. The van der Waals surface area contributed by atoms with Crippen molar-refractivity contribution in [2.45, 2.75) is 19.4 Å². The molecule has 5 rings (SSSR count). The van der Waals surface area contributed by atoms with E-state index < -0.39 is 6.04 Å². The van der Waals surface area contributed by atoms with Crippen molar-refractivity contribution in [2.24, 2.45) is 0 Å². The summed E-state index contributed by atoms with van der Waals surface area (Å²) in [6.07, 6.45) is 0.616. The molecule has 0 N–H and O–H groups in total. The fraction of sp³-hybridized carbons (Fsp3) is 0.214. The van der Waals surface area contributed by atoms with Gasteiger partial charge in [0.15, 0.2) is 5.43 Å². The predicted molar refractivity (Wildman–Crippen MR) is 137 cm³/mol. The van der Waals surface area contributed by atoms with Gasteiger partial charge in [-0.15, -0.1) is 0 Å². The van der Waals surface area contributed by atoms with Crippen molar-refractivity contribution < 1.29 is 18.7 Å². The van der Waals surface area contributed by atoms with Crippen molar-refractivity contribution in [3.63, 3.8) is 0 Å². The quantitative estimate of drug-likeness (QED) is 0.302. The number of nitrogens with zero attached hydrogens (tertiary/aromatic N) is 1. The Balaban J connectivity index is 1.60. The molecule has 7 heteroatoms. The molecule has 3 aromatic carbocycles. The molecule has 1 aromatic heterocycles. The molecule has 0 bridgehead atoms. The summed E-state index contributed by atoms with van der Waals surface area (Å²) in [5.74, 6) is 1.28. The van der Waals surface area contributed by atoms with E-state index in [-0.39, 0.29) is 17.1 Å². The van der Waals surface area contributed by atoms with Crippen LogP contribution in [0.3, 0.4) is 0 Å². The third-order valence-electron chi connectivity index (χ3n) is 6.21. The van der Waals surface area contributed by atoms with Crippen LogP contribution in [-0.2, 0) is 6.42 Å². The van der Waals surface area contributed by atoms with Crippen LogP contribution in [-0.4, -0.2) is 31.1 Å². The first-order chi connectivity index (χ1) is 17.0. The number of benzene rings is 3. The zero-order valence-electron chi connectivity index (χ0n) is 19.4. The number of rotatable bonds is 7. The Bertz CT molecular complexity index is 1460. The third-order valence-corrected chi connectivity index (χ3v) is 6.71. The molecule has 0 saturated heterocycles. The molecular weight excluding hydrogens is 510 g/mol. The maximum absolute atomic E-state index is 13.7. The topological polar surface area (TPSA) is 69.0 Å². The highest BCUT2D eigenvalue weighted by atomic mass is 79.9. The first kappa shape index (κ1) is 23.2. The number of carbonyl (C=O) groups is 1. The van der Waals surface area contributed by atoms with Gasteiger partial charge in [0, 0.05) is 11.0 Å². The smallest absolute Gasteiger partial charge is 0.290 e. The van der Waals surface area contributed by atoms with Crippen molar-refractivity contribution in [3.05, 3.63) is 104 Å². The van der Waals surface area contributed by atoms with Crippen LogP contribution in [0, 0.1) is 0 Å². The standard InChI is InChI=1S/C28H24BrNO5/c1-3-34-21-6-4-5-18(15-21)25-24-26(31)22-16-19(29)9-12-23(22)35-27(24)28(32)30(25)14-13-17-7-10-20(33-2)11-8-17/h4-12,15-16,25H,3,13-14H2,1-2H3/t25-/m1/s1. The van der Waals surface area contributed by atoms with Gasteiger partial charge in [0.05, 0.1) is 30.7 Å². The van der Waals surface area contributed by atoms with Crippen LogP contribution < -0.4 is 14.9 Å². The summed E-state index contributed by atoms with van der Waals surface area (Å²) < 4.78 is 17.8. The highest BCUT2D eigenvalue weighted by Gasteiger charge is 2.42. The molecule has 1 aliphatic heterocycles. The van der Waals surface area contributed by atoms with E-state index >= 15 is 0 Å². The minimum absolute atomic E-state index is 0.103. The molecule has 178 valence electrons. The van der Waals surface area contributed by atoms with E-state index in [4.69, 9.17) is 13.9 Å². The van der Waals surface area contributed by atoms with Crippen LogP contribution >= 0.6 is 15.9 Å². The predicted octanol–water partition coefficient (Wildman–Crippen LogP) is 5.75. The lowest BCUT2D eigenvalue weighted by molar-refractivity contribution is 0.0730. The SMILES string of the molecule is CCOc1cccc([C@@H]2c3c(oc4ccc(Br)cc4c3=O)C(=O)N2CCc2ccc(OC)cc2)c1. The highest BCUT2D eigenvalue weighted by Crippen LogP contribution is 2.39. The zero-order valence-corrected chi connectivity index (χ0v) is 21.0. The molecule has 1 atom stereocenters. The van der Waals surface area contributed by atoms with Crippen molar-refractivity contribution >= 4 is 32.8 Å². The van der Waals surface area contributed by atoms with Gasteiger partial charge in [0.2, 0.25) is 5.76 Å². The van der Waals surface area contributed by atoms with Crippen LogP contribution in [0.15, 0.2) is 80.4 Å². The molecule has 35 heavy (non-hydrogen) atoms. The van der Waals surface area contributed by atoms with Crippen LogP contribution in [0.2, 0.25) is 0 Å². The Morgan fingerprint density at radius 2 is 1.80 bits per heavy atom. The van der Waals surface area contributed by atoms with E-state index in [0.717, 1.165) is 21.3 Å². The average Bonchev–Trinajstić information content (AvgIpc) is 3.15. The Morgan fingerprint density at radius 3 is 2.54 bits per heavy atom. The second kappa shape index (κ2) is 9.58. The van der Waals surface area contributed by atoms with Gasteiger partial charge in [-0.05, 0) is 66.9 Å². The van der Waals surface area contributed by atoms with Gasteiger partial charge in [-0.25, -0.2) is 0 Å². The molecule has 0 unspecified atom stereocenters. The van der Waals surface area contributed by atoms with Gasteiger partial charge < -0.3 is 18.8 Å². The number of hydrogen-bond acceptors (Lipinski definition) is 5. The second-order valence-electron chi connectivity index (χ2n) is 8.32. The van der Waals surface area contributed by atoms with Gasteiger partial charge in [-0.2, -0.15) is 0 Å². The molecule has 0 fully saturated rings.